The first-order valence-corrected chi connectivity index (χ1v) is 4.78. The minimum Gasteiger partial charge on any atom is -0.481 e. The van der Waals surface area contributed by atoms with Gasteiger partial charge in [-0.15, -0.1) is 0 Å². The van der Waals surface area contributed by atoms with Gasteiger partial charge in [0.1, 0.15) is 5.15 Å². The average molecular weight is 217 g/mol. The van der Waals surface area contributed by atoms with Crippen LogP contribution in [-0.4, -0.2) is 20.9 Å². The van der Waals surface area contributed by atoms with Gasteiger partial charge >= 0.3 is 5.97 Å². The van der Waals surface area contributed by atoms with E-state index < -0.39 is 11.9 Å². The van der Waals surface area contributed by atoms with Crippen LogP contribution in [0.25, 0.3) is 0 Å². The van der Waals surface area contributed by atoms with Crippen molar-refractivity contribution < 1.29 is 9.90 Å². The highest BCUT2D eigenvalue weighted by atomic mass is 35.5. The Bertz CT molecular complexity index is 360. The molecule has 1 aromatic heterocycles. The fraction of sp³-hybridized carbons (Fsp3) is 0.556. The number of hydrogen-bond donors (Lipinski definition) is 1. The van der Waals surface area contributed by atoms with Gasteiger partial charge in [0.25, 0.3) is 0 Å². The van der Waals surface area contributed by atoms with Crippen molar-refractivity contribution in [2.75, 3.05) is 0 Å². The van der Waals surface area contributed by atoms with Crippen molar-refractivity contribution in [3.8, 4) is 0 Å². The van der Waals surface area contributed by atoms with Gasteiger partial charge in [0.15, 0.2) is 0 Å². The molecule has 0 spiro atoms. The summed E-state index contributed by atoms with van der Waals surface area (Å²) in [5.74, 6) is -1.42. The molecule has 0 fully saturated rings. The summed E-state index contributed by atoms with van der Waals surface area (Å²) in [5, 5.41) is 13.5. The molecule has 0 aliphatic carbocycles. The van der Waals surface area contributed by atoms with E-state index in [1.54, 1.807) is 14.0 Å². The molecule has 0 amide bonds. The third kappa shape index (κ3) is 1.75. The lowest BCUT2D eigenvalue weighted by atomic mass is 9.97. The Kier molecular flexibility index (Phi) is 3.16. The molecule has 1 atom stereocenters. The summed E-state index contributed by atoms with van der Waals surface area (Å²) < 4.78 is 1.50. The second-order valence-corrected chi connectivity index (χ2v) is 3.57. The zero-order valence-corrected chi connectivity index (χ0v) is 9.17. The molecule has 0 radical (unpaired) electrons. The SMILES string of the molecule is CCC(C(=O)O)c1c(C)nn(C)c1Cl. The highest BCUT2D eigenvalue weighted by Crippen LogP contribution is 2.29. The Morgan fingerprint density at radius 1 is 1.71 bits per heavy atom. The smallest absolute Gasteiger partial charge is 0.311 e. The highest BCUT2D eigenvalue weighted by Gasteiger charge is 2.25. The van der Waals surface area contributed by atoms with Crippen LogP contribution in [0.4, 0.5) is 0 Å². The molecule has 1 rings (SSSR count). The standard InChI is InChI=1S/C9H13ClN2O2/c1-4-6(9(13)14)7-5(2)11-12(3)8(7)10/h6H,4H2,1-3H3,(H,13,14). The Morgan fingerprint density at radius 2 is 2.29 bits per heavy atom. The normalized spacial score (nSPS) is 12.9. The molecule has 1 heterocycles. The molecule has 1 N–H and O–H groups in total. The molecule has 0 aliphatic rings. The molecule has 0 aromatic carbocycles. The molecule has 0 saturated heterocycles. The molecule has 0 aliphatic heterocycles. The first-order valence-electron chi connectivity index (χ1n) is 4.40. The minimum atomic E-state index is -0.856. The summed E-state index contributed by atoms with van der Waals surface area (Å²) in [6, 6.07) is 0. The van der Waals surface area contributed by atoms with E-state index in [4.69, 9.17) is 16.7 Å². The summed E-state index contributed by atoms with van der Waals surface area (Å²) in [6.45, 7) is 3.59. The number of halogens is 1. The van der Waals surface area contributed by atoms with Gasteiger partial charge in [0.05, 0.1) is 11.6 Å². The predicted molar refractivity (Wildman–Crippen MR) is 53.6 cm³/mol. The van der Waals surface area contributed by atoms with E-state index >= 15 is 0 Å². The van der Waals surface area contributed by atoms with Gasteiger partial charge in [-0.2, -0.15) is 5.10 Å². The van der Waals surface area contributed by atoms with E-state index in [2.05, 4.69) is 5.10 Å². The Morgan fingerprint density at radius 3 is 2.57 bits per heavy atom. The van der Waals surface area contributed by atoms with Crippen molar-refractivity contribution in [1.29, 1.82) is 0 Å². The van der Waals surface area contributed by atoms with Crippen molar-refractivity contribution in [2.45, 2.75) is 26.2 Å². The number of carbonyl (C=O) groups is 1. The number of hydrogen-bond acceptors (Lipinski definition) is 2. The van der Waals surface area contributed by atoms with Crippen LogP contribution in [-0.2, 0) is 11.8 Å². The summed E-state index contributed by atoms with van der Waals surface area (Å²) in [6.07, 6.45) is 0.515. The van der Waals surface area contributed by atoms with Crippen molar-refractivity contribution in [3.63, 3.8) is 0 Å². The van der Waals surface area contributed by atoms with Gasteiger partial charge in [-0.1, -0.05) is 18.5 Å². The molecule has 1 aromatic rings. The van der Waals surface area contributed by atoms with E-state index in [1.807, 2.05) is 6.92 Å². The van der Waals surface area contributed by atoms with Gasteiger partial charge < -0.3 is 5.11 Å². The Labute approximate surface area is 87.5 Å². The van der Waals surface area contributed by atoms with E-state index in [-0.39, 0.29) is 0 Å². The van der Waals surface area contributed by atoms with E-state index in [9.17, 15) is 4.79 Å². The number of rotatable bonds is 3. The van der Waals surface area contributed by atoms with Gasteiger partial charge in [0.2, 0.25) is 0 Å². The van der Waals surface area contributed by atoms with Gasteiger partial charge in [-0.05, 0) is 13.3 Å². The lowest BCUT2D eigenvalue weighted by Gasteiger charge is -2.08. The average Bonchev–Trinajstić information content (AvgIpc) is 2.32. The monoisotopic (exact) mass is 216 g/mol. The molecule has 1 unspecified atom stereocenters. The Balaban J connectivity index is 3.22. The number of aromatic nitrogens is 2. The topological polar surface area (TPSA) is 55.1 Å². The highest BCUT2D eigenvalue weighted by molar-refractivity contribution is 6.30. The lowest BCUT2D eigenvalue weighted by molar-refractivity contribution is -0.138. The fourth-order valence-electron chi connectivity index (χ4n) is 1.54. The van der Waals surface area contributed by atoms with E-state index in [0.717, 1.165) is 0 Å². The second-order valence-electron chi connectivity index (χ2n) is 3.21. The third-order valence-corrected chi connectivity index (χ3v) is 2.70. The zero-order valence-electron chi connectivity index (χ0n) is 8.41. The summed E-state index contributed by atoms with van der Waals surface area (Å²) in [7, 11) is 1.70. The number of carboxylic acids is 1. The number of aryl methyl sites for hydroxylation is 2. The van der Waals surface area contributed by atoms with Crippen LogP contribution in [0.1, 0.15) is 30.5 Å². The largest absolute Gasteiger partial charge is 0.481 e. The maximum absolute atomic E-state index is 10.9. The third-order valence-electron chi connectivity index (χ3n) is 2.25. The maximum Gasteiger partial charge on any atom is 0.311 e. The molecular weight excluding hydrogens is 204 g/mol. The van der Waals surface area contributed by atoms with Crippen LogP contribution in [0.15, 0.2) is 0 Å². The summed E-state index contributed by atoms with van der Waals surface area (Å²) in [4.78, 5) is 10.9. The number of carboxylic acid groups (broad SMARTS) is 1. The van der Waals surface area contributed by atoms with E-state index in [1.165, 1.54) is 4.68 Å². The fourth-order valence-corrected chi connectivity index (χ4v) is 1.85. The molecular formula is C9H13ClN2O2. The second kappa shape index (κ2) is 4.00. The van der Waals surface area contributed by atoms with Crippen molar-refractivity contribution in [1.82, 2.24) is 9.78 Å². The molecule has 14 heavy (non-hydrogen) atoms. The molecule has 0 bridgehead atoms. The van der Waals surface area contributed by atoms with Crippen LogP contribution in [0.5, 0.6) is 0 Å². The maximum atomic E-state index is 10.9. The van der Waals surface area contributed by atoms with Crippen LogP contribution in [0.3, 0.4) is 0 Å². The van der Waals surface area contributed by atoms with Gasteiger partial charge in [-0.3, -0.25) is 9.48 Å². The number of aliphatic carboxylic acids is 1. The molecule has 78 valence electrons. The number of nitrogens with zero attached hydrogens (tertiary/aromatic N) is 2. The van der Waals surface area contributed by atoms with Crippen LogP contribution in [0.2, 0.25) is 5.15 Å². The van der Waals surface area contributed by atoms with E-state index in [0.29, 0.717) is 22.8 Å². The van der Waals surface area contributed by atoms with Crippen molar-refractivity contribution >= 4 is 17.6 Å². The molecule has 0 saturated carbocycles. The van der Waals surface area contributed by atoms with Gasteiger partial charge in [0, 0.05) is 12.6 Å². The first kappa shape index (κ1) is 11.0. The van der Waals surface area contributed by atoms with Crippen molar-refractivity contribution in [3.05, 3.63) is 16.4 Å². The summed E-state index contributed by atoms with van der Waals surface area (Å²) in [5.41, 5.74) is 1.32. The minimum absolute atomic E-state index is 0.414. The summed E-state index contributed by atoms with van der Waals surface area (Å²) >= 11 is 5.97. The quantitative estimate of drug-likeness (QED) is 0.841. The van der Waals surface area contributed by atoms with Crippen LogP contribution in [0, 0.1) is 6.92 Å². The van der Waals surface area contributed by atoms with Crippen LogP contribution >= 0.6 is 11.6 Å². The lowest BCUT2D eigenvalue weighted by Crippen LogP contribution is -2.11. The van der Waals surface area contributed by atoms with Crippen molar-refractivity contribution in [2.24, 2.45) is 7.05 Å². The first-order chi connectivity index (χ1) is 6.49. The Hall–Kier alpha value is -1.03. The van der Waals surface area contributed by atoms with Crippen LogP contribution < -0.4 is 0 Å². The molecule has 5 heteroatoms. The zero-order chi connectivity index (χ0) is 10.9. The predicted octanol–water partition coefficient (Wildman–Crippen LogP) is 1.96. The van der Waals surface area contributed by atoms with Gasteiger partial charge in [-0.25, -0.2) is 0 Å². The molecule has 4 nitrogen and oxygen atoms in total.